The second-order valence-corrected chi connectivity index (χ2v) is 5.04. The van der Waals surface area contributed by atoms with E-state index in [2.05, 4.69) is 22.2 Å². The minimum atomic E-state index is -0.114. The zero-order valence-corrected chi connectivity index (χ0v) is 10.2. The van der Waals surface area contributed by atoms with Gasteiger partial charge in [0.2, 0.25) is 11.2 Å². The number of rotatable bonds is 0. The first kappa shape index (κ1) is 10.8. The summed E-state index contributed by atoms with van der Waals surface area (Å²) >= 11 is 5.81. The molecule has 1 saturated heterocycles. The van der Waals surface area contributed by atoms with Crippen LogP contribution in [0, 0.1) is 5.92 Å². The molecule has 17 heavy (non-hydrogen) atoms. The molecule has 0 spiro atoms. The van der Waals surface area contributed by atoms with Crippen molar-refractivity contribution >= 4 is 29.0 Å². The van der Waals surface area contributed by atoms with Crippen LogP contribution in [-0.2, 0) is 4.79 Å². The van der Waals surface area contributed by atoms with E-state index in [0.29, 0.717) is 11.6 Å². The molecule has 1 N–H and O–H groups in total. The average molecular weight is 253 g/mol. The summed E-state index contributed by atoms with van der Waals surface area (Å²) < 4.78 is 0. The van der Waals surface area contributed by atoms with Crippen molar-refractivity contribution in [1.82, 2.24) is 9.97 Å². The first-order valence-electron chi connectivity index (χ1n) is 5.75. The minimum absolute atomic E-state index is 0.0370. The Morgan fingerprint density at radius 1 is 1.59 bits per heavy atom. The lowest BCUT2D eigenvalue weighted by molar-refractivity contribution is -0.118. The number of amides is 1. The van der Waals surface area contributed by atoms with Crippen LogP contribution >= 0.6 is 11.6 Å². The maximum absolute atomic E-state index is 12.0. The molecular weight excluding hydrogens is 240 g/mol. The number of carbonyl (C=O) groups is 1. The molecule has 90 valence electrons. The highest BCUT2D eigenvalue weighted by Crippen LogP contribution is 2.35. The van der Waals surface area contributed by atoms with Gasteiger partial charge in [0, 0.05) is 6.54 Å². The third-order valence-corrected chi connectivity index (χ3v) is 3.62. The van der Waals surface area contributed by atoms with E-state index in [4.69, 9.17) is 11.6 Å². The van der Waals surface area contributed by atoms with E-state index in [9.17, 15) is 4.79 Å². The van der Waals surface area contributed by atoms with Crippen molar-refractivity contribution in [2.24, 2.45) is 5.92 Å². The van der Waals surface area contributed by atoms with Crippen molar-refractivity contribution in [2.75, 3.05) is 16.8 Å². The van der Waals surface area contributed by atoms with Gasteiger partial charge in [-0.1, -0.05) is 6.92 Å². The Hall–Kier alpha value is -1.36. The van der Waals surface area contributed by atoms with Crippen LogP contribution in [0.4, 0.5) is 11.5 Å². The molecule has 3 heterocycles. The summed E-state index contributed by atoms with van der Waals surface area (Å²) in [7, 11) is 0. The van der Waals surface area contributed by atoms with Crippen LogP contribution in [0.25, 0.3) is 0 Å². The molecule has 0 aromatic carbocycles. The molecular formula is C11H13ClN4O. The number of hydrogen-bond acceptors (Lipinski definition) is 4. The van der Waals surface area contributed by atoms with Gasteiger partial charge in [-0.3, -0.25) is 4.79 Å². The number of nitrogens with one attached hydrogen (secondary N) is 1. The number of halogens is 1. The van der Waals surface area contributed by atoms with E-state index in [1.165, 1.54) is 0 Å². The number of fused-ring (bicyclic) bond motifs is 3. The zero-order valence-electron chi connectivity index (χ0n) is 9.48. The quantitative estimate of drug-likeness (QED) is 0.714. The molecule has 0 aliphatic carbocycles. The lowest BCUT2D eigenvalue weighted by Crippen LogP contribution is -2.52. The molecule has 6 heteroatoms. The van der Waals surface area contributed by atoms with Crippen molar-refractivity contribution in [1.29, 1.82) is 0 Å². The monoisotopic (exact) mass is 252 g/mol. The topological polar surface area (TPSA) is 58.1 Å². The maximum Gasteiger partial charge on any atom is 0.247 e. The smallest absolute Gasteiger partial charge is 0.247 e. The summed E-state index contributed by atoms with van der Waals surface area (Å²) in [5, 5.41) is 3.06. The summed E-state index contributed by atoms with van der Waals surface area (Å²) in [5.74, 6) is 1.36. The van der Waals surface area contributed by atoms with Gasteiger partial charge in [0.15, 0.2) is 5.82 Å². The number of nitrogens with zero attached hydrogens (tertiary/aromatic N) is 3. The van der Waals surface area contributed by atoms with Gasteiger partial charge in [0.1, 0.15) is 11.7 Å². The molecule has 5 nitrogen and oxygen atoms in total. The second-order valence-electron chi connectivity index (χ2n) is 4.70. The molecule has 2 aliphatic rings. The van der Waals surface area contributed by atoms with Gasteiger partial charge in [-0.25, -0.2) is 4.98 Å². The van der Waals surface area contributed by atoms with Gasteiger partial charge in [0.05, 0.1) is 6.20 Å². The normalized spacial score (nSPS) is 27.2. The van der Waals surface area contributed by atoms with Crippen LogP contribution < -0.4 is 10.2 Å². The second kappa shape index (κ2) is 3.84. The van der Waals surface area contributed by atoms with E-state index in [-0.39, 0.29) is 17.2 Å². The summed E-state index contributed by atoms with van der Waals surface area (Å²) in [5.41, 5.74) is 0.658. The number of anilines is 2. The summed E-state index contributed by atoms with van der Waals surface area (Å²) in [6, 6.07) is -0.114. The number of piperidine rings is 1. The Bertz CT molecular complexity index is 479. The lowest BCUT2D eigenvalue weighted by Gasteiger charge is -2.41. The highest BCUT2D eigenvalue weighted by molar-refractivity contribution is 6.28. The highest BCUT2D eigenvalue weighted by Gasteiger charge is 2.37. The van der Waals surface area contributed by atoms with Crippen LogP contribution in [0.15, 0.2) is 6.20 Å². The van der Waals surface area contributed by atoms with Crippen molar-refractivity contribution in [2.45, 2.75) is 25.8 Å². The van der Waals surface area contributed by atoms with Crippen molar-refractivity contribution in [3.63, 3.8) is 0 Å². The molecule has 2 aliphatic heterocycles. The maximum atomic E-state index is 12.0. The Balaban J connectivity index is 2.03. The Morgan fingerprint density at radius 3 is 3.24 bits per heavy atom. The standard InChI is InChI=1S/C11H13ClN4O/c1-6-2-3-16-8(4-6)10(17)14-7-5-13-11(12)15-9(7)16/h5-6,8H,2-4H2,1H3,(H,14,17). The largest absolute Gasteiger partial charge is 0.343 e. The van der Waals surface area contributed by atoms with Crippen molar-refractivity contribution in [3.8, 4) is 0 Å². The first-order valence-corrected chi connectivity index (χ1v) is 6.13. The van der Waals surface area contributed by atoms with Crippen molar-refractivity contribution in [3.05, 3.63) is 11.5 Å². The molecule has 2 atom stereocenters. The average Bonchev–Trinajstić information content (AvgIpc) is 2.30. The molecule has 0 bridgehead atoms. The SMILES string of the molecule is CC1CCN2c3nc(Cl)ncc3NC(=O)C2C1. The molecule has 1 aromatic rings. The van der Waals surface area contributed by atoms with Crippen LogP contribution in [0.2, 0.25) is 5.28 Å². The van der Waals surface area contributed by atoms with Gasteiger partial charge in [0.25, 0.3) is 0 Å². The van der Waals surface area contributed by atoms with E-state index < -0.39 is 0 Å². The van der Waals surface area contributed by atoms with E-state index in [1.54, 1.807) is 6.20 Å². The van der Waals surface area contributed by atoms with Gasteiger partial charge in [-0.05, 0) is 30.4 Å². The fourth-order valence-corrected chi connectivity index (χ4v) is 2.65. The Labute approximate surface area is 104 Å². The lowest BCUT2D eigenvalue weighted by atomic mass is 9.91. The van der Waals surface area contributed by atoms with Crippen LogP contribution in [0.5, 0.6) is 0 Å². The van der Waals surface area contributed by atoms with Crippen molar-refractivity contribution < 1.29 is 4.79 Å². The van der Waals surface area contributed by atoms with E-state index in [0.717, 1.165) is 25.2 Å². The predicted molar refractivity (Wildman–Crippen MR) is 65.2 cm³/mol. The minimum Gasteiger partial charge on any atom is -0.343 e. The van der Waals surface area contributed by atoms with Gasteiger partial charge in [-0.2, -0.15) is 4.98 Å². The molecule has 1 fully saturated rings. The predicted octanol–water partition coefficient (Wildman–Crippen LogP) is 1.69. The number of hydrogen-bond donors (Lipinski definition) is 1. The number of aromatic nitrogens is 2. The molecule has 1 amide bonds. The highest BCUT2D eigenvalue weighted by atomic mass is 35.5. The Kier molecular flexibility index (Phi) is 2.43. The third-order valence-electron chi connectivity index (χ3n) is 3.44. The van der Waals surface area contributed by atoms with E-state index in [1.807, 2.05) is 4.90 Å². The molecule has 0 saturated carbocycles. The summed E-state index contributed by atoms with van der Waals surface area (Å²) in [4.78, 5) is 22.1. The molecule has 3 rings (SSSR count). The van der Waals surface area contributed by atoms with Crippen LogP contribution in [0.3, 0.4) is 0 Å². The van der Waals surface area contributed by atoms with E-state index >= 15 is 0 Å². The zero-order chi connectivity index (χ0) is 12.0. The summed E-state index contributed by atoms with van der Waals surface area (Å²) in [6.45, 7) is 3.02. The third kappa shape index (κ3) is 1.74. The van der Waals surface area contributed by atoms with Gasteiger partial charge in [-0.15, -0.1) is 0 Å². The fraction of sp³-hybridized carbons (Fsp3) is 0.545. The van der Waals surface area contributed by atoms with Crippen LogP contribution in [-0.4, -0.2) is 28.5 Å². The Morgan fingerprint density at radius 2 is 2.41 bits per heavy atom. The fourth-order valence-electron chi connectivity index (χ4n) is 2.52. The molecule has 0 radical (unpaired) electrons. The number of carbonyl (C=O) groups excluding carboxylic acids is 1. The summed E-state index contributed by atoms with van der Waals surface area (Å²) in [6.07, 6.45) is 3.51. The van der Waals surface area contributed by atoms with Gasteiger partial charge < -0.3 is 10.2 Å². The van der Waals surface area contributed by atoms with Crippen LogP contribution in [0.1, 0.15) is 19.8 Å². The van der Waals surface area contributed by atoms with Gasteiger partial charge >= 0.3 is 0 Å². The molecule has 1 aromatic heterocycles. The first-order chi connectivity index (χ1) is 8.15. The molecule has 2 unspecified atom stereocenters.